The Morgan fingerprint density at radius 1 is 1.22 bits per heavy atom. The molecule has 2 atom stereocenters. The number of ether oxygens (including phenoxy) is 1. The van der Waals surface area contributed by atoms with Gasteiger partial charge in [0.05, 0.1) is 12.7 Å². The van der Waals surface area contributed by atoms with Crippen LogP contribution < -0.4 is 5.32 Å². The molecule has 23 heavy (non-hydrogen) atoms. The third-order valence-corrected chi connectivity index (χ3v) is 4.81. The SMILES string of the molecule is CCN(CC)C(=O)C1CCN(C(=O)[C@H]2NCCO[C@@H]2C)CC1.Cl. The van der Waals surface area contributed by atoms with Gasteiger partial charge in [0.2, 0.25) is 11.8 Å². The fraction of sp³-hybridized carbons (Fsp3) is 0.875. The Balaban J connectivity index is 0.00000264. The van der Waals surface area contributed by atoms with Crippen molar-refractivity contribution >= 4 is 24.2 Å². The maximum atomic E-state index is 12.6. The minimum Gasteiger partial charge on any atom is -0.375 e. The fourth-order valence-electron chi connectivity index (χ4n) is 3.35. The molecular weight excluding hydrogens is 318 g/mol. The molecule has 0 radical (unpaired) electrons. The van der Waals surface area contributed by atoms with Gasteiger partial charge in [-0.05, 0) is 33.6 Å². The second-order valence-corrected chi connectivity index (χ2v) is 6.12. The van der Waals surface area contributed by atoms with Crippen molar-refractivity contribution in [1.29, 1.82) is 0 Å². The maximum Gasteiger partial charge on any atom is 0.242 e. The summed E-state index contributed by atoms with van der Waals surface area (Å²) in [4.78, 5) is 28.7. The monoisotopic (exact) mass is 347 g/mol. The highest BCUT2D eigenvalue weighted by Crippen LogP contribution is 2.21. The van der Waals surface area contributed by atoms with Crippen LogP contribution in [0, 0.1) is 5.92 Å². The molecule has 2 fully saturated rings. The molecule has 0 saturated carbocycles. The van der Waals surface area contributed by atoms with E-state index >= 15 is 0 Å². The zero-order chi connectivity index (χ0) is 16.1. The third kappa shape index (κ3) is 4.81. The van der Waals surface area contributed by atoms with E-state index < -0.39 is 0 Å². The molecule has 2 aliphatic rings. The summed E-state index contributed by atoms with van der Waals surface area (Å²) in [5.74, 6) is 0.419. The fourth-order valence-corrected chi connectivity index (χ4v) is 3.35. The van der Waals surface area contributed by atoms with Crippen molar-refractivity contribution in [2.45, 2.75) is 45.8 Å². The summed E-state index contributed by atoms with van der Waals surface area (Å²) < 4.78 is 5.55. The molecule has 0 bridgehead atoms. The minimum atomic E-state index is -0.246. The lowest BCUT2D eigenvalue weighted by molar-refractivity contribution is -0.144. The minimum absolute atomic E-state index is 0. The number of nitrogens with one attached hydrogen (secondary N) is 1. The number of morpholine rings is 1. The first-order valence-electron chi connectivity index (χ1n) is 8.51. The predicted molar refractivity (Wildman–Crippen MR) is 91.7 cm³/mol. The zero-order valence-corrected chi connectivity index (χ0v) is 15.2. The van der Waals surface area contributed by atoms with Gasteiger partial charge in [-0.2, -0.15) is 0 Å². The standard InChI is InChI=1S/C16H29N3O3.ClH/c1-4-18(5-2)15(20)13-6-9-19(10-7-13)16(21)14-12(3)22-11-8-17-14;/h12-14,17H,4-11H2,1-3H3;1H/t12-,14+;/m1./s1. The van der Waals surface area contributed by atoms with Gasteiger partial charge in [-0.15, -0.1) is 12.4 Å². The van der Waals surface area contributed by atoms with E-state index in [0.717, 1.165) is 32.5 Å². The van der Waals surface area contributed by atoms with Crippen LogP contribution in [-0.2, 0) is 14.3 Å². The molecule has 7 heteroatoms. The number of likely N-dealkylation sites (tertiary alicyclic amines) is 1. The van der Waals surface area contributed by atoms with Gasteiger partial charge in [-0.1, -0.05) is 0 Å². The Kier molecular flexibility index (Phi) is 8.29. The lowest BCUT2D eigenvalue weighted by Gasteiger charge is -2.38. The van der Waals surface area contributed by atoms with Gasteiger partial charge < -0.3 is 19.9 Å². The number of halogens is 1. The summed E-state index contributed by atoms with van der Waals surface area (Å²) in [6, 6.07) is -0.246. The molecule has 2 rings (SSSR count). The summed E-state index contributed by atoms with van der Waals surface area (Å²) >= 11 is 0. The van der Waals surface area contributed by atoms with Crippen LogP contribution in [0.2, 0.25) is 0 Å². The first-order valence-corrected chi connectivity index (χ1v) is 8.51. The van der Waals surface area contributed by atoms with E-state index in [-0.39, 0.29) is 42.3 Å². The number of piperidine rings is 1. The number of carbonyl (C=O) groups is 2. The van der Waals surface area contributed by atoms with Crippen molar-refractivity contribution < 1.29 is 14.3 Å². The highest BCUT2D eigenvalue weighted by molar-refractivity contribution is 5.85. The number of carbonyl (C=O) groups excluding carboxylic acids is 2. The lowest BCUT2D eigenvalue weighted by atomic mass is 9.94. The molecule has 0 aromatic carbocycles. The third-order valence-electron chi connectivity index (χ3n) is 4.81. The average Bonchev–Trinajstić information content (AvgIpc) is 2.56. The molecule has 2 heterocycles. The van der Waals surface area contributed by atoms with Gasteiger partial charge in [-0.25, -0.2) is 0 Å². The van der Waals surface area contributed by atoms with Crippen LogP contribution in [0.15, 0.2) is 0 Å². The van der Waals surface area contributed by atoms with Gasteiger partial charge in [0.1, 0.15) is 6.04 Å². The number of rotatable bonds is 4. The normalized spacial score (nSPS) is 25.6. The molecule has 0 unspecified atom stereocenters. The van der Waals surface area contributed by atoms with Crippen LogP contribution in [0.25, 0.3) is 0 Å². The molecule has 2 saturated heterocycles. The summed E-state index contributed by atoms with van der Waals surface area (Å²) in [5.41, 5.74) is 0. The van der Waals surface area contributed by atoms with E-state index in [1.807, 2.05) is 30.6 Å². The molecule has 1 N–H and O–H groups in total. The number of nitrogens with zero attached hydrogens (tertiary/aromatic N) is 2. The van der Waals surface area contributed by atoms with Crippen LogP contribution in [0.1, 0.15) is 33.6 Å². The highest BCUT2D eigenvalue weighted by atomic mass is 35.5. The first-order chi connectivity index (χ1) is 10.6. The molecule has 6 nitrogen and oxygen atoms in total. The Hall–Kier alpha value is -0.850. The maximum absolute atomic E-state index is 12.6. The molecule has 2 amide bonds. The topological polar surface area (TPSA) is 61.9 Å². The predicted octanol–water partition coefficient (Wildman–Crippen LogP) is 0.892. The van der Waals surface area contributed by atoms with Crippen LogP contribution in [0.4, 0.5) is 0 Å². The van der Waals surface area contributed by atoms with Crippen LogP contribution in [0.3, 0.4) is 0 Å². The Morgan fingerprint density at radius 3 is 2.35 bits per heavy atom. The summed E-state index contributed by atoms with van der Waals surface area (Å²) in [6.07, 6.45) is 1.45. The number of hydrogen-bond acceptors (Lipinski definition) is 4. The van der Waals surface area contributed by atoms with Gasteiger partial charge in [0.25, 0.3) is 0 Å². The smallest absolute Gasteiger partial charge is 0.242 e. The van der Waals surface area contributed by atoms with Crippen molar-refractivity contribution in [3.63, 3.8) is 0 Å². The first kappa shape index (κ1) is 20.2. The largest absolute Gasteiger partial charge is 0.375 e. The Morgan fingerprint density at radius 2 is 1.83 bits per heavy atom. The highest BCUT2D eigenvalue weighted by Gasteiger charge is 2.35. The van der Waals surface area contributed by atoms with Crippen molar-refractivity contribution in [2.24, 2.45) is 5.92 Å². The van der Waals surface area contributed by atoms with Crippen molar-refractivity contribution in [3.05, 3.63) is 0 Å². The Bertz CT molecular complexity index is 396. The Labute approximate surface area is 145 Å². The molecule has 0 aromatic rings. The van der Waals surface area contributed by atoms with E-state index in [1.54, 1.807) is 0 Å². The van der Waals surface area contributed by atoms with Gasteiger partial charge >= 0.3 is 0 Å². The second-order valence-electron chi connectivity index (χ2n) is 6.12. The number of amides is 2. The number of hydrogen-bond donors (Lipinski definition) is 1. The molecule has 0 spiro atoms. The molecule has 0 aromatic heterocycles. The van der Waals surface area contributed by atoms with Gasteiger partial charge in [0, 0.05) is 38.6 Å². The van der Waals surface area contributed by atoms with Crippen LogP contribution in [-0.4, -0.2) is 73.1 Å². The lowest BCUT2D eigenvalue weighted by Crippen LogP contribution is -2.57. The quantitative estimate of drug-likeness (QED) is 0.820. The molecule has 134 valence electrons. The van der Waals surface area contributed by atoms with Crippen molar-refractivity contribution in [2.75, 3.05) is 39.3 Å². The average molecular weight is 348 g/mol. The van der Waals surface area contributed by atoms with Crippen LogP contribution in [0.5, 0.6) is 0 Å². The van der Waals surface area contributed by atoms with Gasteiger partial charge in [-0.3, -0.25) is 9.59 Å². The van der Waals surface area contributed by atoms with Gasteiger partial charge in [0.15, 0.2) is 0 Å². The van der Waals surface area contributed by atoms with E-state index in [9.17, 15) is 9.59 Å². The van der Waals surface area contributed by atoms with Crippen LogP contribution >= 0.6 is 12.4 Å². The van der Waals surface area contributed by atoms with E-state index in [2.05, 4.69) is 5.32 Å². The summed E-state index contributed by atoms with van der Waals surface area (Å²) in [6.45, 7) is 10.2. The molecule has 2 aliphatic heterocycles. The summed E-state index contributed by atoms with van der Waals surface area (Å²) in [5, 5.41) is 3.25. The summed E-state index contributed by atoms with van der Waals surface area (Å²) in [7, 11) is 0. The van der Waals surface area contributed by atoms with E-state index in [4.69, 9.17) is 4.74 Å². The molecule has 0 aliphatic carbocycles. The van der Waals surface area contributed by atoms with Crippen molar-refractivity contribution in [3.8, 4) is 0 Å². The molecular formula is C16H30ClN3O3. The zero-order valence-electron chi connectivity index (χ0n) is 14.4. The van der Waals surface area contributed by atoms with E-state index in [0.29, 0.717) is 19.7 Å². The van der Waals surface area contributed by atoms with Crippen molar-refractivity contribution in [1.82, 2.24) is 15.1 Å². The second kappa shape index (κ2) is 9.45. The van der Waals surface area contributed by atoms with E-state index in [1.165, 1.54) is 0 Å².